The summed E-state index contributed by atoms with van der Waals surface area (Å²) in [6.45, 7) is 1.82. The maximum absolute atomic E-state index is 13.3. The molecule has 2 aromatic heterocycles. The number of hydrogen-bond acceptors (Lipinski definition) is 6. The Bertz CT molecular complexity index is 1080. The van der Waals surface area contributed by atoms with Gasteiger partial charge in [0.15, 0.2) is 5.69 Å². The molecule has 4 heterocycles. The SMILES string of the molecule is Cn1cc(-c2nc(N3CCC4(CCC(=O)N4CC4CC(F)(F)C4)CC3)cnc2C#N)cn1. The number of aryl methyl sites for hydroxylation is 1. The maximum Gasteiger partial charge on any atom is 0.248 e. The Morgan fingerprint density at radius 3 is 2.59 bits per heavy atom. The van der Waals surface area contributed by atoms with Crippen LogP contribution in [0.15, 0.2) is 18.6 Å². The van der Waals surface area contributed by atoms with Crippen LogP contribution in [0.1, 0.15) is 44.2 Å². The summed E-state index contributed by atoms with van der Waals surface area (Å²) in [5.74, 6) is -1.89. The van der Waals surface area contributed by atoms with Gasteiger partial charge in [-0.05, 0) is 25.2 Å². The number of rotatable bonds is 4. The highest BCUT2D eigenvalue weighted by Crippen LogP contribution is 2.46. The summed E-state index contributed by atoms with van der Waals surface area (Å²) in [6.07, 6.45) is 7.65. The Balaban J connectivity index is 1.31. The van der Waals surface area contributed by atoms with Crippen molar-refractivity contribution in [2.24, 2.45) is 13.0 Å². The Morgan fingerprint density at radius 1 is 1.22 bits per heavy atom. The summed E-state index contributed by atoms with van der Waals surface area (Å²) < 4.78 is 28.2. The number of anilines is 1. The Morgan fingerprint density at radius 2 is 1.97 bits per heavy atom. The van der Waals surface area contributed by atoms with E-state index in [0.29, 0.717) is 37.6 Å². The van der Waals surface area contributed by atoms with Crippen molar-refractivity contribution in [2.75, 3.05) is 24.5 Å². The first kappa shape index (κ1) is 20.8. The van der Waals surface area contributed by atoms with E-state index in [1.165, 1.54) is 0 Å². The molecule has 1 spiro atoms. The number of carbonyl (C=O) groups excluding carboxylic acids is 1. The van der Waals surface area contributed by atoms with E-state index >= 15 is 0 Å². The fourth-order valence-corrected chi connectivity index (χ4v) is 5.37. The van der Waals surface area contributed by atoms with Crippen LogP contribution in [0.4, 0.5) is 14.6 Å². The van der Waals surface area contributed by atoms with E-state index in [9.17, 15) is 18.8 Å². The highest BCUT2D eigenvalue weighted by atomic mass is 19.3. The van der Waals surface area contributed by atoms with Crippen LogP contribution in [-0.2, 0) is 11.8 Å². The first-order valence-electron chi connectivity index (χ1n) is 11.0. The van der Waals surface area contributed by atoms with E-state index in [2.05, 4.69) is 21.1 Å². The zero-order valence-corrected chi connectivity index (χ0v) is 18.0. The first-order chi connectivity index (χ1) is 15.3. The van der Waals surface area contributed by atoms with Crippen LogP contribution in [0.3, 0.4) is 0 Å². The third-order valence-corrected chi connectivity index (χ3v) is 7.16. The number of piperidine rings is 1. The van der Waals surface area contributed by atoms with Crippen molar-refractivity contribution in [2.45, 2.75) is 50.0 Å². The van der Waals surface area contributed by atoms with Gasteiger partial charge in [0, 0.05) is 63.2 Å². The number of nitriles is 1. The van der Waals surface area contributed by atoms with Crippen molar-refractivity contribution in [3.8, 4) is 17.3 Å². The van der Waals surface area contributed by atoms with E-state index < -0.39 is 5.92 Å². The standard InChI is InChI=1S/C22H25F2N7O/c1-29-14-16(11-27-29)20-17(10-25)26-12-18(28-20)30-6-4-21(5-7-30)3-2-19(32)31(21)13-15-8-22(23,24)9-15/h11-12,14-15H,2-9,13H2,1H3. The van der Waals surface area contributed by atoms with Crippen molar-refractivity contribution in [1.29, 1.82) is 5.26 Å². The number of hydrogen-bond donors (Lipinski definition) is 0. The van der Waals surface area contributed by atoms with Crippen LogP contribution < -0.4 is 4.90 Å². The molecule has 10 heteroatoms. The van der Waals surface area contributed by atoms with Crippen LogP contribution in [0, 0.1) is 17.2 Å². The molecule has 2 aromatic rings. The highest BCUT2D eigenvalue weighted by molar-refractivity contribution is 5.80. The van der Waals surface area contributed by atoms with Crippen molar-refractivity contribution in [1.82, 2.24) is 24.6 Å². The molecule has 1 saturated carbocycles. The minimum atomic E-state index is -2.57. The second-order valence-corrected chi connectivity index (χ2v) is 9.29. The predicted octanol–water partition coefficient (Wildman–Crippen LogP) is 2.76. The molecule has 0 aromatic carbocycles. The summed E-state index contributed by atoms with van der Waals surface area (Å²) in [7, 11) is 1.80. The molecule has 0 bridgehead atoms. The molecular formula is C22H25F2N7O. The molecule has 8 nitrogen and oxygen atoms in total. The van der Waals surface area contributed by atoms with E-state index in [1.54, 1.807) is 30.3 Å². The normalized spacial score (nSPS) is 22.2. The molecule has 1 amide bonds. The molecule has 168 valence electrons. The van der Waals surface area contributed by atoms with E-state index in [-0.39, 0.29) is 35.9 Å². The monoisotopic (exact) mass is 441 g/mol. The molecule has 2 aliphatic heterocycles. The third-order valence-electron chi connectivity index (χ3n) is 7.16. The van der Waals surface area contributed by atoms with Gasteiger partial charge in [0.2, 0.25) is 11.8 Å². The predicted molar refractivity (Wildman–Crippen MR) is 112 cm³/mol. The van der Waals surface area contributed by atoms with Gasteiger partial charge in [-0.25, -0.2) is 18.7 Å². The first-order valence-corrected chi connectivity index (χ1v) is 11.0. The van der Waals surface area contributed by atoms with Crippen molar-refractivity contribution in [3.63, 3.8) is 0 Å². The van der Waals surface area contributed by atoms with E-state index in [1.807, 2.05) is 4.90 Å². The minimum Gasteiger partial charge on any atom is -0.355 e. The highest BCUT2D eigenvalue weighted by Gasteiger charge is 2.51. The molecule has 3 fully saturated rings. The topological polar surface area (TPSA) is 90.9 Å². The summed E-state index contributed by atoms with van der Waals surface area (Å²) in [6, 6.07) is 2.09. The number of amides is 1. The number of halogens is 2. The lowest BCUT2D eigenvalue weighted by atomic mass is 9.79. The number of alkyl halides is 2. The molecule has 0 N–H and O–H groups in total. The van der Waals surface area contributed by atoms with Crippen LogP contribution in [0.5, 0.6) is 0 Å². The van der Waals surface area contributed by atoms with Gasteiger partial charge in [-0.2, -0.15) is 10.4 Å². The summed E-state index contributed by atoms with van der Waals surface area (Å²) in [4.78, 5) is 25.6. The smallest absolute Gasteiger partial charge is 0.248 e. The average molecular weight is 441 g/mol. The van der Waals surface area contributed by atoms with Crippen molar-refractivity contribution in [3.05, 3.63) is 24.3 Å². The van der Waals surface area contributed by atoms with Gasteiger partial charge in [0.05, 0.1) is 12.4 Å². The summed E-state index contributed by atoms with van der Waals surface area (Å²) >= 11 is 0. The molecule has 1 aliphatic carbocycles. The van der Waals surface area contributed by atoms with Gasteiger partial charge >= 0.3 is 0 Å². The van der Waals surface area contributed by atoms with Crippen LogP contribution >= 0.6 is 0 Å². The second-order valence-electron chi connectivity index (χ2n) is 9.29. The Hall–Kier alpha value is -3.09. The Kier molecular flexibility index (Phi) is 4.87. The third kappa shape index (κ3) is 3.59. The van der Waals surface area contributed by atoms with Gasteiger partial charge in [0.1, 0.15) is 17.6 Å². The molecule has 3 aliphatic rings. The molecule has 5 rings (SSSR count). The fraction of sp³-hybridized carbons (Fsp3) is 0.591. The maximum atomic E-state index is 13.3. The number of carbonyl (C=O) groups is 1. The summed E-state index contributed by atoms with van der Waals surface area (Å²) in [5, 5.41) is 13.6. The quantitative estimate of drug-likeness (QED) is 0.725. The van der Waals surface area contributed by atoms with Gasteiger partial charge in [-0.3, -0.25) is 9.48 Å². The molecule has 0 unspecified atom stereocenters. The van der Waals surface area contributed by atoms with E-state index in [4.69, 9.17) is 4.98 Å². The number of aromatic nitrogens is 4. The van der Waals surface area contributed by atoms with Crippen molar-refractivity contribution < 1.29 is 13.6 Å². The molecule has 0 atom stereocenters. The largest absolute Gasteiger partial charge is 0.355 e. The summed E-state index contributed by atoms with van der Waals surface area (Å²) in [5.41, 5.74) is 1.24. The zero-order chi connectivity index (χ0) is 22.5. The van der Waals surface area contributed by atoms with Gasteiger partial charge in [0.25, 0.3) is 0 Å². The van der Waals surface area contributed by atoms with Gasteiger partial charge in [-0.1, -0.05) is 0 Å². The van der Waals surface area contributed by atoms with E-state index in [0.717, 1.165) is 24.8 Å². The Labute approximate surface area is 184 Å². The fourth-order valence-electron chi connectivity index (χ4n) is 5.37. The molecule has 32 heavy (non-hydrogen) atoms. The van der Waals surface area contributed by atoms with Crippen LogP contribution in [-0.4, -0.2) is 61.7 Å². The van der Waals surface area contributed by atoms with Gasteiger partial charge in [-0.15, -0.1) is 0 Å². The average Bonchev–Trinajstić information content (AvgIpc) is 3.32. The van der Waals surface area contributed by atoms with Crippen LogP contribution in [0.2, 0.25) is 0 Å². The number of nitrogens with zero attached hydrogens (tertiary/aromatic N) is 7. The number of likely N-dealkylation sites (tertiary alicyclic amines) is 1. The minimum absolute atomic E-state index is 0.0886. The zero-order valence-electron chi connectivity index (χ0n) is 18.0. The lowest BCUT2D eigenvalue weighted by molar-refractivity contribution is -0.143. The lowest BCUT2D eigenvalue weighted by Gasteiger charge is -2.48. The molecular weight excluding hydrogens is 416 g/mol. The van der Waals surface area contributed by atoms with Crippen LogP contribution in [0.25, 0.3) is 11.3 Å². The van der Waals surface area contributed by atoms with Crippen molar-refractivity contribution >= 4 is 11.7 Å². The van der Waals surface area contributed by atoms with Gasteiger partial charge < -0.3 is 9.80 Å². The lowest BCUT2D eigenvalue weighted by Crippen LogP contribution is -2.56. The molecule has 2 saturated heterocycles. The molecule has 0 radical (unpaired) electrons. The second kappa shape index (κ2) is 7.50.